The minimum absolute atomic E-state index is 0.0557. The Kier molecular flexibility index (Phi) is 5.48. The molecule has 4 aromatic rings. The third-order valence-corrected chi connectivity index (χ3v) is 4.04. The molecule has 158 valence electrons. The van der Waals surface area contributed by atoms with Crippen LogP contribution in [-0.2, 0) is 6.54 Å². The van der Waals surface area contributed by atoms with Crippen molar-refractivity contribution < 1.29 is 18.0 Å². The first-order chi connectivity index (χ1) is 14.9. The molecule has 0 aliphatic rings. The number of halogens is 2. The standard InChI is InChI=1S/C20H16F2N6O3/c1-20(21,22)12-30-19-24-9-13(10-25-19)15-5-6-18(29)28(26-15)11-14-8-17(27-31-14)16-4-2-3-7-23-16/h2-10H,11-12H2,1H3. The van der Waals surface area contributed by atoms with E-state index in [1.54, 1.807) is 24.4 Å². The Morgan fingerprint density at radius 3 is 2.58 bits per heavy atom. The summed E-state index contributed by atoms with van der Waals surface area (Å²) in [5.74, 6) is -2.57. The highest BCUT2D eigenvalue weighted by Crippen LogP contribution is 2.18. The molecular weight excluding hydrogens is 410 g/mol. The number of rotatable bonds is 7. The topological polar surface area (TPSA) is 109 Å². The van der Waals surface area contributed by atoms with Crippen molar-refractivity contribution in [1.82, 2.24) is 29.9 Å². The first-order valence-corrected chi connectivity index (χ1v) is 9.16. The van der Waals surface area contributed by atoms with Crippen LogP contribution in [-0.4, -0.2) is 42.4 Å². The Hall–Kier alpha value is -4.02. The number of ether oxygens (including phenoxy) is 1. The molecule has 0 saturated carbocycles. The van der Waals surface area contributed by atoms with E-state index in [2.05, 4.69) is 25.2 Å². The molecule has 0 fully saturated rings. The van der Waals surface area contributed by atoms with Crippen molar-refractivity contribution in [3.05, 3.63) is 71.1 Å². The third-order valence-electron chi connectivity index (χ3n) is 4.04. The maximum atomic E-state index is 12.9. The molecule has 0 saturated heterocycles. The molecule has 0 amide bonds. The van der Waals surface area contributed by atoms with Crippen molar-refractivity contribution in [2.45, 2.75) is 19.4 Å². The number of hydrogen-bond donors (Lipinski definition) is 0. The molecule has 0 unspecified atom stereocenters. The fourth-order valence-corrected chi connectivity index (χ4v) is 2.60. The molecule has 11 heteroatoms. The molecule has 0 bridgehead atoms. The summed E-state index contributed by atoms with van der Waals surface area (Å²) >= 11 is 0. The molecule has 0 aliphatic carbocycles. The van der Waals surface area contributed by atoms with Gasteiger partial charge in [-0.15, -0.1) is 0 Å². The highest BCUT2D eigenvalue weighted by molar-refractivity contribution is 5.56. The number of nitrogens with zero attached hydrogens (tertiary/aromatic N) is 6. The van der Waals surface area contributed by atoms with Crippen LogP contribution in [0.25, 0.3) is 22.6 Å². The van der Waals surface area contributed by atoms with Gasteiger partial charge >= 0.3 is 6.01 Å². The Balaban J connectivity index is 1.51. The SMILES string of the molecule is CC(F)(F)COc1ncc(-c2ccc(=O)n(Cc3cc(-c4ccccn4)no3)n2)cn1. The Labute approximate surface area is 174 Å². The molecule has 0 aromatic carbocycles. The van der Waals surface area contributed by atoms with Gasteiger partial charge in [0.05, 0.1) is 11.4 Å². The highest BCUT2D eigenvalue weighted by Gasteiger charge is 2.22. The Morgan fingerprint density at radius 1 is 1.06 bits per heavy atom. The van der Waals surface area contributed by atoms with E-state index in [0.717, 1.165) is 6.92 Å². The van der Waals surface area contributed by atoms with Crippen molar-refractivity contribution >= 4 is 0 Å². The van der Waals surface area contributed by atoms with Crippen LogP contribution in [0.5, 0.6) is 6.01 Å². The average Bonchev–Trinajstić information content (AvgIpc) is 3.23. The second-order valence-electron chi connectivity index (χ2n) is 6.72. The summed E-state index contributed by atoms with van der Waals surface area (Å²) in [6.45, 7) is -0.0321. The summed E-state index contributed by atoms with van der Waals surface area (Å²) in [5, 5.41) is 8.26. The second-order valence-corrected chi connectivity index (χ2v) is 6.72. The molecule has 0 N–H and O–H groups in total. The van der Waals surface area contributed by atoms with Gasteiger partial charge in [-0.1, -0.05) is 11.2 Å². The number of hydrogen-bond acceptors (Lipinski definition) is 8. The predicted molar refractivity (Wildman–Crippen MR) is 104 cm³/mol. The molecule has 31 heavy (non-hydrogen) atoms. The summed E-state index contributed by atoms with van der Waals surface area (Å²) in [6, 6.07) is 9.78. The fourth-order valence-electron chi connectivity index (χ4n) is 2.60. The van der Waals surface area contributed by atoms with Gasteiger partial charge in [0.25, 0.3) is 11.5 Å². The first-order valence-electron chi connectivity index (χ1n) is 9.16. The van der Waals surface area contributed by atoms with E-state index in [0.29, 0.717) is 28.4 Å². The number of aromatic nitrogens is 6. The largest absolute Gasteiger partial charge is 0.457 e. The first kappa shape index (κ1) is 20.3. The lowest BCUT2D eigenvalue weighted by Crippen LogP contribution is -2.22. The third kappa shape index (κ3) is 5.13. The molecule has 4 rings (SSSR count). The molecule has 0 aliphatic heterocycles. The maximum Gasteiger partial charge on any atom is 0.316 e. The fraction of sp³-hybridized carbons (Fsp3) is 0.200. The van der Waals surface area contributed by atoms with Crippen molar-refractivity contribution in [2.75, 3.05) is 6.61 Å². The van der Waals surface area contributed by atoms with E-state index >= 15 is 0 Å². The van der Waals surface area contributed by atoms with E-state index in [1.165, 1.54) is 29.2 Å². The van der Waals surface area contributed by atoms with Gasteiger partial charge in [0.1, 0.15) is 12.2 Å². The lowest BCUT2D eigenvalue weighted by Gasteiger charge is -2.10. The van der Waals surface area contributed by atoms with Gasteiger partial charge in [0.2, 0.25) is 0 Å². The zero-order chi connectivity index (χ0) is 21.8. The lowest BCUT2D eigenvalue weighted by molar-refractivity contribution is -0.0256. The summed E-state index contributed by atoms with van der Waals surface area (Å²) in [6.07, 6.45) is 4.40. The van der Waals surface area contributed by atoms with Gasteiger partial charge in [-0.2, -0.15) is 5.10 Å². The number of alkyl halides is 2. The van der Waals surface area contributed by atoms with Crippen molar-refractivity contribution in [2.24, 2.45) is 0 Å². The molecular formula is C20H16F2N6O3. The predicted octanol–water partition coefficient (Wildman–Crippen LogP) is 2.83. The smallest absolute Gasteiger partial charge is 0.316 e. The second kappa shape index (κ2) is 8.38. The summed E-state index contributed by atoms with van der Waals surface area (Å²) in [5.41, 5.74) is 1.74. The van der Waals surface area contributed by atoms with Crippen LogP contribution in [0.1, 0.15) is 12.7 Å². The molecule has 0 atom stereocenters. The normalized spacial score (nSPS) is 11.5. The van der Waals surface area contributed by atoms with Crippen LogP contribution in [0.3, 0.4) is 0 Å². The van der Waals surface area contributed by atoms with Crippen molar-refractivity contribution in [1.29, 1.82) is 0 Å². The summed E-state index contributed by atoms with van der Waals surface area (Å²) in [7, 11) is 0. The minimum Gasteiger partial charge on any atom is -0.457 e. The summed E-state index contributed by atoms with van der Waals surface area (Å²) in [4.78, 5) is 24.2. The van der Waals surface area contributed by atoms with Crippen LogP contribution in [0.4, 0.5) is 8.78 Å². The van der Waals surface area contributed by atoms with Gasteiger partial charge in [0.15, 0.2) is 12.4 Å². The molecule has 0 spiro atoms. The average molecular weight is 426 g/mol. The lowest BCUT2D eigenvalue weighted by atomic mass is 10.2. The van der Waals surface area contributed by atoms with Crippen molar-refractivity contribution in [3.8, 4) is 28.7 Å². The van der Waals surface area contributed by atoms with Gasteiger partial charge in [-0.3, -0.25) is 9.78 Å². The zero-order valence-electron chi connectivity index (χ0n) is 16.3. The van der Waals surface area contributed by atoms with Crippen LogP contribution in [0.15, 0.2) is 64.3 Å². The number of pyridine rings is 1. The van der Waals surface area contributed by atoms with E-state index < -0.39 is 12.5 Å². The molecule has 9 nitrogen and oxygen atoms in total. The quantitative estimate of drug-likeness (QED) is 0.444. The Morgan fingerprint density at radius 2 is 1.87 bits per heavy atom. The van der Waals surface area contributed by atoms with E-state index in [1.807, 2.05) is 6.07 Å². The van der Waals surface area contributed by atoms with Crippen LogP contribution < -0.4 is 10.3 Å². The molecule has 4 heterocycles. The zero-order valence-corrected chi connectivity index (χ0v) is 16.3. The van der Waals surface area contributed by atoms with E-state index in [-0.39, 0.29) is 18.1 Å². The maximum absolute atomic E-state index is 12.9. The van der Waals surface area contributed by atoms with Gasteiger partial charge in [-0.05, 0) is 18.2 Å². The van der Waals surface area contributed by atoms with Crippen LogP contribution in [0, 0.1) is 0 Å². The summed E-state index contributed by atoms with van der Waals surface area (Å²) < 4.78 is 37.1. The van der Waals surface area contributed by atoms with Gasteiger partial charge in [-0.25, -0.2) is 23.4 Å². The van der Waals surface area contributed by atoms with E-state index in [4.69, 9.17) is 9.26 Å². The minimum atomic E-state index is -2.99. The Bertz CT molecular complexity index is 1220. The van der Waals surface area contributed by atoms with Crippen molar-refractivity contribution in [3.63, 3.8) is 0 Å². The van der Waals surface area contributed by atoms with E-state index in [9.17, 15) is 13.6 Å². The van der Waals surface area contributed by atoms with Gasteiger partial charge in [0, 0.05) is 43.2 Å². The van der Waals surface area contributed by atoms with Crippen LogP contribution in [0.2, 0.25) is 0 Å². The van der Waals surface area contributed by atoms with Gasteiger partial charge < -0.3 is 9.26 Å². The monoisotopic (exact) mass is 426 g/mol. The van der Waals surface area contributed by atoms with Crippen LogP contribution >= 0.6 is 0 Å². The highest BCUT2D eigenvalue weighted by atomic mass is 19.3. The molecule has 4 aromatic heterocycles. The molecule has 0 radical (unpaired) electrons.